The Bertz CT molecular complexity index is 1480. The fourth-order valence-corrected chi connectivity index (χ4v) is 5.86. The van der Waals surface area contributed by atoms with Gasteiger partial charge in [0.25, 0.3) is 0 Å². The van der Waals surface area contributed by atoms with Crippen molar-refractivity contribution >= 4 is 59.3 Å². The SMILES string of the molecule is CC(C)C[C@H](NC(=O)[C@H](CC(=O)O)NC(=O)CNC(=O)[C@@H]1CCCN1C(=O)[C@@H](N)CCCN=C(N)N)C(=O)N[C@H](C(=O)N[C@@H](CCCN=C(N)N)C(=O)O)C(C)C. The zero-order valence-electron chi connectivity index (χ0n) is 33.0. The number of carbonyl (C=O) groups is 8. The van der Waals surface area contributed by atoms with Crippen LogP contribution in [0.1, 0.15) is 79.1 Å². The van der Waals surface area contributed by atoms with Crippen LogP contribution >= 0.6 is 0 Å². The van der Waals surface area contributed by atoms with Crippen LogP contribution in [0.2, 0.25) is 0 Å². The van der Waals surface area contributed by atoms with Gasteiger partial charge in [0, 0.05) is 19.6 Å². The lowest BCUT2D eigenvalue weighted by Gasteiger charge is -2.28. The third-order valence-electron chi connectivity index (χ3n) is 8.72. The van der Waals surface area contributed by atoms with Gasteiger partial charge in [-0.15, -0.1) is 0 Å². The standard InChI is InChI=1S/C34H61N13O10/c1-17(2)14-21(28(52)46-26(18(3)4)30(54)44-20(32(56)57)9-6-12-41-34(38)39)45-27(51)22(15-25(49)50)43-24(48)16-42-29(53)23-10-7-13-47(23)31(55)19(35)8-5-11-40-33(36)37/h17-23,26H,5-16,35H2,1-4H3,(H,42,53)(H,43,48)(H,44,54)(H,45,51)(H,46,52)(H,49,50)(H,56,57)(H4,36,37,40)(H4,38,39,41)/t19-,20-,21-,22-,23-,26-/m0/s1. The number of nitrogens with one attached hydrogen (secondary N) is 5. The molecule has 0 aromatic heterocycles. The number of amides is 6. The predicted molar refractivity (Wildman–Crippen MR) is 207 cm³/mol. The van der Waals surface area contributed by atoms with E-state index in [-0.39, 0.29) is 63.2 Å². The topological polar surface area (TPSA) is 395 Å². The van der Waals surface area contributed by atoms with Gasteiger partial charge in [0.15, 0.2) is 11.9 Å². The average molecular weight is 812 g/mol. The van der Waals surface area contributed by atoms with Crippen molar-refractivity contribution in [1.29, 1.82) is 0 Å². The van der Waals surface area contributed by atoms with E-state index in [4.69, 9.17) is 28.7 Å². The van der Waals surface area contributed by atoms with Crippen molar-refractivity contribution in [1.82, 2.24) is 31.5 Å². The summed E-state index contributed by atoms with van der Waals surface area (Å²) in [5.41, 5.74) is 27.2. The second kappa shape index (κ2) is 24.7. The van der Waals surface area contributed by atoms with Crippen LogP contribution in [0.5, 0.6) is 0 Å². The first-order valence-corrected chi connectivity index (χ1v) is 18.7. The molecule has 1 aliphatic rings. The van der Waals surface area contributed by atoms with Crippen molar-refractivity contribution in [2.75, 3.05) is 26.2 Å². The van der Waals surface area contributed by atoms with Crippen LogP contribution in [0.4, 0.5) is 0 Å². The lowest BCUT2D eigenvalue weighted by atomic mass is 9.99. The summed E-state index contributed by atoms with van der Waals surface area (Å²) in [5, 5.41) is 31.2. The Morgan fingerprint density at radius 3 is 1.84 bits per heavy atom. The Morgan fingerprint density at radius 1 is 0.754 bits per heavy atom. The van der Waals surface area contributed by atoms with Crippen molar-refractivity contribution in [3.05, 3.63) is 0 Å². The molecule has 17 N–H and O–H groups in total. The predicted octanol–water partition coefficient (Wildman–Crippen LogP) is -4.27. The summed E-state index contributed by atoms with van der Waals surface area (Å²) >= 11 is 0. The number of nitrogens with zero attached hydrogens (tertiary/aromatic N) is 3. The van der Waals surface area contributed by atoms with Gasteiger partial charge in [0.05, 0.1) is 19.0 Å². The number of hydrogen-bond donors (Lipinski definition) is 12. The summed E-state index contributed by atoms with van der Waals surface area (Å²) in [6, 6.07) is -7.38. The normalized spacial score (nSPS) is 16.3. The Balaban J connectivity index is 2.97. The van der Waals surface area contributed by atoms with Gasteiger partial charge in [0.1, 0.15) is 30.2 Å². The van der Waals surface area contributed by atoms with Crippen LogP contribution in [0.25, 0.3) is 0 Å². The highest BCUT2D eigenvalue weighted by Gasteiger charge is 2.37. The maximum Gasteiger partial charge on any atom is 0.326 e. The summed E-state index contributed by atoms with van der Waals surface area (Å²) < 4.78 is 0. The Kier molecular flexibility index (Phi) is 21.4. The molecular weight excluding hydrogens is 750 g/mol. The number of likely N-dealkylation sites (tertiary alicyclic amines) is 1. The van der Waals surface area contributed by atoms with Gasteiger partial charge in [-0.05, 0) is 56.8 Å². The van der Waals surface area contributed by atoms with Crippen LogP contribution in [0, 0.1) is 11.8 Å². The van der Waals surface area contributed by atoms with Gasteiger partial charge >= 0.3 is 11.9 Å². The molecule has 0 spiro atoms. The van der Waals surface area contributed by atoms with Crippen LogP contribution in [-0.4, -0.2) is 137 Å². The molecule has 0 aromatic rings. The van der Waals surface area contributed by atoms with Crippen LogP contribution in [0.3, 0.4) is 0 Å². The smallest absolute Gasteiger partial charge is 0.326 e. The van der Waals surface area contributed by atoms with Gasteiger partial charge < -0.3 is 70.4 Å². The van der Waals surface area contributed by atoms with E-state index < -0.39 is 103 Å². The number of rotatable bonds is 25. The van der Waals surface area contributed by atoms with E-state index in [1.54, 1.807) is 27.7 Å². The molecule has 57 heavy (non-hydrogen) atoms. The van der Waals surface area contributed by atoms with Crippen molar-refractivity contribution in [3.8, 4) is 0 Å². The molecule has 23 nitrogen and oxygen atoms in total. The summed E-state index contributed by atoms with van der Waals surface area (Å²) in [5.74, 6) is -8.45. The molecule has 1 saturated heterocycles. The summed E-state index contributed by atoms with van der Waals surface area (Å²) in [7, 11) is 0. The Hall–Kier alpha value is -5.74. The molecule has 0 aliphatic carbocycles. The van der Waals surface area contributed by atoms with E-state index in [1.165, 1.54) is 4.90 Å². The Labute approximate surface area is 331 Å². The van der Waals surface area contributed by atoms with Crippen molar-refractivity contribution < 1.29 is 48.6 Å². The van der Waals surface area contributed by atoms with E-state index in [0.29, 0.717) is 19.3 Å². The van der Waals surface area contributed by atoms with E-state index in [0.717, 1.165) is 0 Å². The van der Waals surface area contributed by atoms with Gasteiger partial charge in [-0.25, -0.2) is 4.79 Å². The highest BCUT2D eigenvalue weighted by Crippen LogP contribution is 2.19. The summed E-state index contributed by atoms with van der Waals surface area (Å²) in [4.78, 5) is 112. The largest absolute Gasteiger partial charge is 0.481 e. The zero-order chi connectivity index (χ0) is 43.4. The minimum atomic E-state index is -1.68. The molecule has 322 valence electrons. The summed E-state index contributed by atoms with van der Waals surface area (Å²) in [6.07, 6.45) is 0.881. The highest BCUT2D eigenvalue weighted by molar-refractivity contribution is 5.97. The first-order valence-electron chi connectivity index (χ1n) is 18.7. The number of nitrogens with two attached hydrogens (primary N) is 5. The average Bonchev–Trinajstić information content (AvgIpc) is 3.60. The first kappa shape index (κ1) is 49.3. The maximum atomic E-state index is 13.5. The molecule has 0 radical (unpaired) electrons. The third kappa shape index (κ3) is 18.6. The number of carboxylic acid groups (broad SMARTS) is 2. The third-order valence-corrected chi connectivity index (χ3v) is 8.72. The number of aliphatic imine (C=N–C) groups is 2. The molecule has 0 bridgehead atoms. The molecule has 0 saturated carbocycles. The van der Waals surface area contributed by atoms with E-state index in [2.05, 4.69) is 36.6 Å². The number of carbonyl (C=O) groups excluding carboxylic acids is 6. The van der Waals surface area contributed by atoms with E-state index in [9.17, 15) is 48.6 Å². The van der Waals surface area contributed by atoms with Gasteiger partial charge in [-0.2, -0.15) is 0 Å². The van der Waals surface area contributed by atoms with Gasteiger partial charge in [-0.1, -0.05) is 27.7 Å². The second-order valence-electron chi connectivity index (χ2n) is 14.4. The highest BCUT2D eigenvalue weighted by atomic mass is 16.4. The molecule has 6 amide bonds. The number of aliphatic carboxylic acids is 2. The fraction of sp³-hybridized carbons (Fsp3) is 0.706. The monoisotopic (exact) mass is 811 g/mol. The van der Waals surface area contributed by atoms with E-state index >= 15 is 0 Å². The molecule has 0 unspecified atom stereocenters. The van der Waals surface area contributed by atoms with Gasteiger partial charge in [-0.3, -0.25) is 43.5 Å². The zero-order valence-corrected chi connectivity index (χ0v) is 33.0. The maximum absolute atomic E-state index is 13.5. The van der Waals surface area contributed by atoms with Crippen LogP contribution < -0.4 is 55.3 Å². The van der Waals surface area contributed by atoms with E-state index in [1.807, 2.05) is 0 Å². The number of hydrogen-bond acceptors (Lipinski definition) is 11. The molecule has 1 rings (SSSR count). The second-order valence-corrected chi connectivity index (χ2v) is 14.4. The molecular formula is C34H61N13O10. The minimum Gasteiger partial charge on any atom is -0.481 e. The first-order chi connectivity index (χ1) is 26.6. The fourth-order valence-electron chi connectivity index (χ4n) is 5.86. The molecule has 6 atom stereocenters. The number of carboxylic acids is 2. The lowest BCUT2D eigenvalue weighted by Crippen LogP contribution is -2.59. The molecule has 0 aromatic carbocycles. The van der Waals surface area contributed by atoms with Crippen molar-refractivity contribution in [3.63, 3.8) is 0 Å². The van der Waals surface area contributed by atoms with Gasteiger partial charge in [0.2, 0.25) is 35.4 Å². The Morgan fingerprint density at radius 2 is 1.32 bits per heavy atom. The lowest BCUT2D eigenvalue weighted by molar-refractivity contribution is -0.142. The summed E-state index contributed by atoms with van der Waals surface area (Å²) in [6.45, 7) is 6.73. The molecule has 1 heterocycles. The molecule has 1 aliphatic heterocycles. The quantitative estimate of drug-likeness (QED) is 0.0236. The molecule has 23 heteroatoms. The van der Waals surface area contributed by atoms with Crippen molar-refractivity contribution in [2.45, 2.75) is 115 Å². The number of guanidine groups is 2. The van der Waals surface area contributed by atoms with Crippen molar-refractivity contribution in [2.24, 2.45) is 50.5 Å². The van der Waals surface area contributed by atoms with Crippen LogP contribution in [0.15, 0.2) is 9.98 Å². The minimum absolute atomic E-state index is 0.0138. The molecule has 1 fully saturated rings. The van der Waals surface area contributed by atoms with Crippen LogP contribution in [-0.2, 0) is 38.4 Å².